The molecule has 1 fully saturated rings. The third-order valence-corrected chi connectivity index (χ3v) is 7.33. The number of carboxylic acids is 2. The van der Waals surface area contributed by atoms with E-state index >= 15 is 0 Å². The van der Waals surface area contributed by atoms with Gasteiger partial charge < -0.3 is 25.3 Å². The topological polar surface area (TPSA) is 156 Å². The summed E-state index contributed by atoms with van der Waals surface area (Å²) in [6.45, 7) is 0.866. The lowest BCUT2D eigenvalue weighted by molar-refractivity contribution is -0.133. The first kappa shape index (κ1) is 23.6. The minimum absolute atomic E-state index is 0.00339. The van der Waals surface area contributed by atoms with E-state index in [2.05, 4.69) is 16.4 Å². The Morgan fingerprint density at radius 2 is 2.03 bits per heavy atom. The SMILES string of the molecule is COc1cccc2c1CCC1CNC(CCn3c(=O)c4cc[nH]c4n(/C(=C\C(=O)O)C(=O)O)c3=O)C21. The Morgan fingerprint density at radius 3 is 2.75 bits per heavy atom. The fourth-order valence-corrected chi connectivity index (χ4v) is 5.80. The highest BCUT2D eigenvalue weighted by Gasteiger charge is 2.40. The number of hydrogen-bond donors (Lipinski definition) is 4. The van der Waals surface area contributed by atoms with Crippen LogP contribution in [0.5, 0.6) is 5.75 Å². The van der Waals surface area contributed by atoms with Gasteiger partial charge in [0.05, 0.1) is 18.6 Å². The second-order valence-corrected chi connectivity index (χ2v) is 9.14. The van der Waals surface area contributed by atoms with Gasteiger partial charge in [-0.15, -0.1) is 0 Å². The quantitative estimate of drug-likeness (QED) is 0.357. The molecule has 0 radical (unpaired) electrons. The fraction of sp³-hybridized carbons (Fsp3) is 0.360. The number of hydrogen-bond acceptors (Lipinski definition) is 6. The van der Waals surface area contributed by atoms with Crippen LogP contribution < -0.4 is 21.3 Å². The average molecular weight is 495 g/mol. The van der Waals surface area contributed by atoms with E-state index in [0.29, 0.717) is 18.4 Å². The van der Waals surface area contributed by atoms with E-state index < -0.39 is 28.9 Å². The molecule has 1 aliphatic carbocycles. The molecule has 3 heterocycles. The molecule has 0 spiro atoms. The second kappa shape index (κ2) is 9.15. The van der Waals surface area contributed by atoms with E-state index in [1.807, 2.05) is 12.1 Å². The Morgan fingerprint density at radius 1 is 1.22 bits per heavy atom. The van der Waals surface area contributed by atoms with Gasteiger partial charge in [-0.3, -0.25) is 9.36 Å². The Bertz CT molecular complexity index is 1510. The van der Waals surface area contributed by atoms with Crippen LogP contribution in [0.2, 0.25) is 0 Å². The molecule has 1 aromatic carbocycles. The molecule has 188 valence electrons. The molecule has 2 aliphatic rings. The van der Waals surface area contributed by atoms with Crippen LogP contribution in [0.25, 0.3) is 16.7 Å². The molecular weight excluding hydrogens is 468 g/mol. The lowest BCUT2D eigenvalue weighted by atomic mass is 9.73. The number of aromatic amines is 1. The molecule has 36 heavy (non-hydrogen) atoms. The van der Waals surface area contributed by atoms with E-state index in [-0.39, 0.29) is 29.5 Å². The van der Waals surface area contributed by atoms with Crippen LogP contribution in [0.3, 0.4) is 0 Å². The summed E-state index contributed by atoms with van der Waals surface area (Å²) in [6, 6.07) is 7.47. The fourth-order valence-electron chi connectivity index (χ4n) is 5.80. The van der Waals surface area contributed by atoms with Crippen molar-refractivity contribution in [1.82, 2.24) is 19.4 Å². The molecule has 1 saturated heterocycles. The minimum Gasteiger partial charge on any atom is -0.496 e. The number of carbonyl (C=O) groups is 2. The summed E-state index contributed by atoms with van der Waals surface area (Å²) < 4.78 is 7.28. The van der Waals surface area contributed by atoms with Crippen molar-refractivity contribution in [2.24, 2.45) is 5.92 Å². The maximum absolute atomic E-state index is 13.4. The zero-order valence-corrected chi connectivity index (χ0v) is 19.6. The summed E-state index contributed by atoms with van der Waals surface area (Å²) in [6.07, 6.45) is 4.23. The number of nitrogens with zero attached hydrogens (tertiary/aromatic N) is 2. The molecule has 2 aromatic heterocycles. The molecule has 0 saturated carbocycles. The molecule has 3 unspecified atom stereocenters. The summed E-state index contributed by atoms with van der Waals surface area (Å²) in [4.78, 5) is 52.3. The van der Waals surface area contributed by atoms with Gasteiger partial charge in [-0.25, -0.2) is 19.0 Å². The summed E-state index contributed by atoms with van der Waals surface area (Å²) in [5.74, 6) is -1.65. The number of benzene rings is 1. The molecule has 0 amide bonds. The highest BCUT2D eigenvalue weighted by atomic mass is 16.5. The van der Waals surface area contributed by atoms with Crippen molar-refractivity contribution >= 4 is 28.7 Å². The lowest BCUT2D eigenvalue weighted by Crippen LogP contribution is -2.42. The summed E-state index contributed by atoms with van der Waals surface area (Å²) in [5, 5.41) is 22.4. The zero-order valence-electron chi connectivity index (χ0n) is 19.6. The van der Waals surface area contributed by atoms with Crippen LogP contribution >= 0.6 is 0 Å². The highest BCUT2D eigenvalue weighted by Crippen LogP contribution is 2.45. The first-order valence-corrected chi connectivity index (χ1v) is 11.7. The number of fused-ring (bicyclic) bond motifs is 4. The Balaban J connectivity index is 1.53. The van der Waals surface area contributed by atoms with Gasteiger partial charge in [0.1, 0.15) is 17.1 Å². The molecule has 3 aromatic rings. The number of methoxy groups -OCH3 is 1. The van der Waals surface area contributed by atoms with Crippen molar-refractivity contribution in [3.8, 4) is 5.75 Å². The van der Waals surface area contributed by atoms with Crippen molar-refractivity contribution in [2.45, 2.75) is 37.8 Å². The van der Waals surface area contributed by atoms with Gasteiger partial charge >= 0.3 is 17.6 Å². The maximum atomic E-state index is 13.4. The van der Waals surface area contributed by atoms with Crippen molar-refractivity contribution < 1.29 is 24.5 Å². The standard InChI is InChI=1S/C25H26N4O7/c1-36-19-4-2-3-15-14(19)6-5-13-12-27-17(21(13)15)8-10-28-23(32)16-7-9-26-22(16)29(25(28)35)18(24(33)34)11-20(30)31/h2-4,7,9,11,13,17,21,26-27H,5-6,8,10,12H2,1H3,(H,30,31)(H,33,34)/b18-11-. The third-order valence-electron chi connectivity index (χ3n) is 7.33. The lowest BCUT2D eigenvalue weighted by Gasteiger charge is -2.32. The average Bonchev–Trinajstić information content (AvgIpc) is 3.50. The summed E-state index contributed by atoms with van der Waals surface area (Å²) in [7, 11) is 1.66. The number of aromatic nitrogens is 3. The van der Waals surface area contributed by atoms with Crippen LogP contribution in [-0.2, 0) is 22.6 Å². The smallest absolute Gasteiger partial charge is 0.353 e. The number of carboxylic acid groups (broad SMARTS) is 2. The molecule has 5 rings (SSSR count). The predicted octanol–water partition coefficient (Wildman–Crippen LogP) is 1.22. The van der Waals surface area contributed by atoms with Gasteiger partial charge in [-0.05, 0) is 55.0 Å². The summed E-state index contributed by atoms with van der Waals surface area (Å²) >= 11 is 0. The molecular formula is C25H26N4O7. The van der Waals surface area contributed by atoms with Crippen LogP contribution in [0.1, 0.15) is 29.9 Å². The van der Waals surface area contributed by atoms with E-state index in [1.54, 1.807) is 7.11 Å². The highest BCUT2D eigenvalue weighted by molar-refractivity contribution is 6.14. The predicted molar refractivity (Wildman–Crippen MR) is 130 cm³/mol. The molecule has 11 heteroatoms. The van der Waals surface area contributed by atoms with Crippen LogP contribution in [0.15, 0.2) is 46.1 Å². The van der Waals surface area contributed by atoms with Gasteiger partial charge in [0.15, 0.2) is 0 Å². The Kier molecular flexibility index (Phi) is 6.00. The monoisotopic (exact) mass is 494 g/mol. The number of rotatable bonds is 7. The van der Waals surface area contributed by atoms with Crippen molar-refractivity contribution in [3.63, 3.8) is 0 Å². The first-order chi connectivity index (χ1) is 17.3. The van der Waals surface area contributed by atoms with Crippen molar-refractivity contribution in [2.75, 3.05) is 13.7 Å². The Labute approximate surface area is 204 Å². The van der Waals surface area contributed by atoms with Crippen molar-refractivity contribution in [1.29, 1.82) is 0 Å². The first-order valence-electron chi connectivity index (χ1n) is 11.7. The summed E-state index contributed by atoms with van der Waals surface area (Å²) in [5.41, 5.74) is 0.0969. The van der Waals surface area contributed by atoms with Crippen molar-refractivity contribution in [3.05, 3.63) is 68.5 Å². The van der Waals surface area contributed by atoms with Gasteiger partial charge in [-0.1, -0.05) is 12.1 Å². The molecule has 3 atom stereocenters. The molecule has 4 N–H and O–H groups in total. The number of H-pyrrole nitrogens is 1. The Hall–Kier alpha value is -4.12. The molecule has 1 aliphatic heterocycles. The molecule has 11 nitrogen and oxygen atoms in total. The normalized spacial score (nSPS) is 21.2. The minimum atomic E-state index is -1.60. The number of ether oxygens (including phenoxy) is 1. The molecule has 0 bridgehead atoms. The second-order valence-electron chi connectivity index (χ2n) is 9.14. The zero-order chi connectivity index (χ0) is 25.6. The van der Waals surface area contributed by atoms with E-state index in [0.717, 1.165) is 34.3 Å². The third kappa shape index (κ3) is 3.81. The maximum Gasteiger partial charge on any atom is 0.353 e. The number of aliphatic carboxylic acids is 2. The van der Waals surface area contributed by atoms with E-state index in [9.17, 15) is 24.3 Å². The van der Waals surface area contributed by atoms with E-state index in [4.69, 9.17) is 9.84 Å². The van der Waals surface area contributed by atoms with Gasteiger partial charge in [0, 0.05) is 24.7 Å². The van der Waals surface area contributed by atoms with Gasteiger partial charge in [0.2, 0.25) is 0 Å². The number of nitrogens with one attached hydrogen (secondary N) is 2. The van der Waals surface area contributed by atoms with E-state index in [1.165, 1.54) is 23.4 Å². The van der Waals surface area contributed by atoms with Gasteiger partial charge in [-0.2, -0.15) is 0 Å². The largest absolute Gasteiger partial charge is 0.496 e. The van der Waals surface area contributed by atoms with Crippen LogP contribution in [0, 0.1) is 5.92 Å². The van der Waals surface area contributed by atoms with Crippen LogP contribution in [-0.4, -0.2) is 56.0 Å². The van der Waals surface area contributed by atoms with Gasteiger partial charge in [0.25, 0.3) is 5.56 Å². The van der Waals surface area contributed by atoms with Crippen LogP contribution in [0.4, 0.5) is 0 Å².